The Balaban J connectivity index is 1.83. The zero-order valence-corrected chi connectivity index (χ0v) is 18.7. The number of aromatic nitrogens is 1. The Morgan fingerprint density at radius 3 is 2.13 bits per heavy atom. The third kappa shape index (κ3) is 3.34. The largest absolute Gasteiger partial charge is 0.248 e. The fourth-order valence-electron chi connectivity index (χ4n) is 4.14. The molecule has 0 aliphatic heterocycles. The molecule has 0 unspecified atom stereocenters. The third-order valence-electron chi connectivity index (χ3n) is 5.83. The van der Waals surface area contributed by atoms with Gasteiger partial charge in [-0.25, -0.2) is 4.98 Å². The van der Waals surface area contributed by atoms with E-state index in [-0.39, 0.29) is 0 Å². The van der Waals surface area contributed by atoms with Gasteiger partial charge in [-0.15, -0.1) is 0 Å². The van der Waals surface area contributed by atoms with Crippen molar-refractivity contribution in [3.8, 4) is 22.4 Å². The third-order valence-corrected chi connectivity index (χ3v) is 7.87. The minimum atomic E-state index is -1.42. The lowest BCUT2D eigenvalue weighted by molar-refractivity contribution is 1.41. The van der Waals surface area contributed by atoms with E-state index < -0.39 is 8.07 Å². The van der Waals surface area contributed by atoms with E-state index in [1.165, 1.54) is 38.0 Å². The number of fused-ring (bicyclic) bond motifs is 2. The van der Waals surface area contributed by atoms with Crippen LogP contribution in [-0.4, -0.2) is 13.1 Å². The summed E-state index contributed by atoms with van der Waals surface area (Å²) >= 11 is 0. The van der Waals surface area contributed by atoms with Crippen LogP contribution in [0.4, 0.5) is 0 Å². The van der Waals surface area contributed by atoms with Gasteiger partial charge in [0.1, 0.15) is 0 Å². The Bertz CT molecular complexity index is 1360. The molecule has 0 atom stereocenters. The van der Waals surface area contributed by atoms with E-state index in [1.807, 2.05) is 0 Å². The van der Waals surface area contributed by atoms with Crippen molar-refractivity contribution in [1.29, 1.82) is 0 Å². The van der Waals surface area contributed by atoms with Crippen LogP contribution in [0.15, 0.2) is 97.1 Å². The van der Waals surface area contributed by atoms with Gasteiger partial charge in [-0.1, -0.05) is 110 Å². The Hall–Kier alpha value is -3.23. The lowest BCUT2D eigenvalue weighted by atomic mass is 9.96. The van der Waals surface area contributed by atoms with E-state index in [9.17, 15) is 0 Å². The number of hydrogen-bond acceptors (Lipinski definition) is 1. The minimum Gasteiger partial charge on any atom is -0.248 e. The molecule has 0 fully saturated rings. The van der Waals surface area contributed by atoms with Crippen molar-refractivity contribution < 1.29 is 0 Å². The smallest absolute Gasteiger partial charge is 0.0776 e. The fourth-order valence-corrected chi connectivity index (χ4v) is 5.30. The quantitative estimate of drug-likeness (QED) is 0.289. The zero-order chi connectivity index (χ0) is 20.7. The van der Waals surface area contributed by atoms with Crippen molar-refractivity contribution in [3.63, 3.8) is 0 Å². The summed E-state index contributed by atoms with van der Waals surface area (Å²) in [5.41, 5.74) is 5.75. The van der Waals surface area contributed by atoms with Gasteiger partial charge in [0.25, 0.3) is 0 Å². The Labute approximate surface area is 179 Å². The molecule has 0 amide bonds. The maximum absolute atomic E-state index is 5.12. The van der Waals surface area contributed by atoms with Crippen molar-refractivity contribution >= 4 is 34.9 Å². The minimum absolute atomic E-state index is 1.03. The van der Waals surface area contributed by atoms with Gasteiger partial charge in [-0.05, 0) is 34.0 Å². The van der Waals surface area contributed by atoms with Crippen LogP contribution in [0.5, 0.6) is 0 Å². The molecule has 1 nitrogen and oxygen atoms in total. The second kappa shape index (κ2) is 7.23. The van der Waals surface area contributed by atoms with E-state index in [0.29, 0.717) is 0 Å². The monoisotopic (exact) mass is 403 g/mol. The molecule has 30 heavy (non-hydrogen) atoms. The van der Waals surface area contributed by atoms with Crippen LogP contribution in [0, 0.1) is 0 Å². The summed E-state index contributed by atoms with van der Waals surface area (Å²) in [6, 6.07) is 34.9. The van der Waals surface area contributed by atoms with E-state index >= 15 is 0 Å². The first kappa shape index (κ1) is 18.8. The van der Waals surface area contributed by atoms with Crippen molar-refractivity contribution in [2.75, 3.05) is 0 Å². The van der Waals surface area contributed by atoms with Gasteiger partial charge in [0.15, 0.2) is 0 Å². The van der Waals surface area contributed by atoms with E-state index in [2.05, 4.69) is 117 Å². The Morgan fingerprint density at radius 1 is 0.600 bits per heavy atom. The highest BCUT2D eigenvalue weighted by atomic mass is 28.3. The van der Waals surface area contributed by atoms with Gasteiger partial charge in [-0.2, -0.15) is 0 Å². The van der Waals surface area contributed by atoms with Crippen molar-refractivity contribution in [3.05, 3.63) is 97.1 Å². The van der Waals surface area contributed by atoms with Gasteiger partial charge in [0.05, 0.1) is 19.3 Å². The number of nitrogens with zero attached hydrogens (tertiary/aromatic N) is 1. The maximum Gasteiger partial charge on any atom is 0.0776 e. The second-order valence-corrected chi connectivity index (χ2v) is 14.0. The van der Waals surface area contributed by atoms with Crippen LogP contribution in [-0.2, 0) is 0 Å². The Morgan fingerprint density at radius 2 is 1.33 bits per heavy atom. The summed E-state index contributed by atoms with van der Waals surface area (Å²) in [6.07, 6.45) is 0. The van der Waals surface area contributed by atoms with Crippen molar-refractivity contribution in [2.24, 2.45) is 0 Å². The lowest BCUT2D eigenvalue weighted by Crippen LogP contribution is -2.37. The predicted molar refractivity (Wildman–Crippen MR) is 133 cm³/mol. The van der Waals surface area contributed by atoms with E-state index in [4.69, 9.17) is 4.98 Å². The molecule has 146 valence electrons. The summed E-state index contributed by atoms with van der Waals surface area (Å²) in [7, 11) is -1.42. The van der Waals surface area contributed by atoms with Gasteiger partial charge in [0, 0.05) is 10.9 Å². The van der Waals surface area contributed by atoms with E-state index in [1.54, 1.807) is 0 Å². The summed E-state index contributed by atoms with van der Waals surface area (Å²) in [4.78, 5) is 5.12. The molecular weight excluding hydrogens is 378 g/mol. The summed E-state index contributed by atoms with van der Waals surface area (Å²) in [5, 5.41) is 5.19. The molecule has 0 aliphatic carbocycles. The number of pyridine rings is 1. The SMILES string of the molecule is C[Si](C)(C)c1ccc2nc(-c3cccc4ccccc34)cc(-c3ccccc3)c2c1. The van der Waals surface area contributed by atoms with Gasteiger partial charge in [-0.3, -0.25) is 0 Å². The number of benzene rings is 4. The molecule has 0 bridgehead atoms. The van der Waals surface area contributed by atoms with Gasteiger partial charge in [0.2, 0.25) is 0 Å². The van der Waals surface area contributed by atoms with Crippen LogP contribution in [0.1, 0.15) is 0 Å². The van der Waals surface area contributed by atoms with Crippen LogP contribution >= 0.6 is 0 Å². The molecule has 5 aromatic rings. The maximum atomic E-state index is 5.12. The highest BCUT2D eigenvalue weighted by molar-refractivity contribution is 6.88. The first-order valence-electron chi connectivity index (χ1n) is 10.5. The average Bonchev–Trinajstić information content (AvgIpc) is 2.77. The molecule has 4 aromatic carbocycles. The van der Waals surface area contributed by atoms with Crippen LogP contribution in [0.3, 0.4) is 0 Å². The standard InChI is InChI=1S/C28H25NSi/c1-30(2,3)22-16-17-27-26(18-22)25(21-10-5-4-6-11-21)19-28(29-27)24-15-9-13-20-12-7-8-14-23(20)24/h4-19H,1-3H3. The van der Waals surface area contributed by atoms with Gasteiger partial charge >= 0.3 is 0 Å². The molecule has 1 heterocycles. The molecule has 5 rings (SSSR count). The van der Waals surface area contributed by atoms with Gasteiger partial charge < -0.3 is 0 Å². The molecule has 0 aliphatic rings. The van der Waals surface area contributed by atoms with Crippen LogP contribution in [0.2, 0.25) is 19.6 Å². The molecule has 0 radical (unpaired) electrons. The van der Waals surface area contributed by atoms with Crippen LogP contribution in [0.25, 0.3) is 44.1 Å². The molecule has 1 aromatic heterocycles. The molecule has 0 saturated carbocycles. The predicted octanol–water partition coefficient (Wildman–Crippen LogP) is 7.27. The summed E-state index contributed by atoms with van der Waals surface area (Å²) < 4.78 is 0. The topological polar surface area (TPSA) is 12.9 Å². The van der Waals surface area contributed by atoms with Crippen LogP contribution < -0.4 is 5.19 Å². The normalized spacial score (nSPS) is 11.8. The van der Waals surface area contributed by atoms with Crippen molar-refractivity contribution in [2.45, 2.75) is 19.6 Å². The highest BCUT2D eigenvalue weighted by Gasteiger charge is 2.18. The molecule has 0 N–H and O–H groups in total. The number of hydrogen-bond donors (Lipinski definition) is 0. The highest BCUT2D eigenvalue weighted by Crippen LogP contribution is 2.34. The molecule has 0 spiro atoms. The second-order valence-electron chi connectivity index (χ2n) is 8.93. The first-order valence-corrected chi connectivity index (χ1v) is 14.0. The first-order chi connectivity index (χ1) is 14.5. The molecule has 0 saturated heterocycles. The molecule has 2 heteroatoms. The van der Waals surface area contributed by atoms with E-state index in [0.717, 1.165) is 11.2 Å². The van der Waals surface area contributed by atoms with Crippen molar-refractivity contribution in [1.82, 2.24) is 4.98 Å². The summed E-state index contributed by atoms with van der Waals surface area (Å²) in [5.74, 6) is 0. The summed E-state index contributed by atoms with van der Waals surface area (Å²) in [6.45, 7) is 7.19. The zero-order valence-electron chi connectivity index (χ0n) is 17.7. The Kier molecular flexibility index (Phi) is 4.52. The number of rotatable bonds is 3. The fraction of sp³-hybridized carbons (Fsp3) is 0.107. The lowest BCUT2D eigenvalue weighted by Gasteiger charge is -2.19. The average molecular weight is 404 g/mol. The molecular formula is C28H25NSi.